The highest BCUT2D eigenvalue weighted by Crippen LogP contribution is 2.18. The Morgan fingerprint density at radius 2 is 2.11 bits per heavy atom. The predicted octanol–water partition coefficient (Wildman–Crippen LogP) is 1.59. The Balaban J connectivity index is 2.97. The van der Waals surface area contributed by atoms with Crippen molar-refractivity contribution in [3.05, 3.63) is 12.0 Å². The number of nitrogens with one attached hydrogen (secondary N) is 1. The van der Waals surface area contributed by atoms with Crippen LogP contribution in [0.4, 0.5) is 0 Å². The maximum absolute atomic E-state index is 12.0. The highest BCUT2D eigenvalue weighted by molar-refractivity contribution is 8.13. The van der Waals surface area contributed by atoms with Crippen molar-refractivity contribution in [2.75, 3.05) is 0 Å². The third kappa shape index (κ3) is 3.94. The van der Waals surface area contributed by atoms with E-state index >= 15 is 0 Å². The summed E-state index contributed by atoms with van der Waals surface area (Å²) in [5.41, 5.74) is 0. The number of aryl methyl sites for hydroxylation is 1. The molecule has 0 aliphatic heterocycles. The van der Waals surface area contributed by atoms with E-state index in [0.29, 0.717) is 5.82 Å². The van der Waals surface area contributed by atoms with Gasteiger partial charge in [-0.3, -0.25) is 4.79 Å². The molecule has 0 saturated carbocycles. The fourth-order valence-corrected chi connectivity index (χ4v) is 2.26. The number of imidazole rings is 1. The Morgan fingerprint density at radius 1 is 1.53 bits per heavy atom. The molecular weight excluding hydrogens is 290 g/mol. The minimum Gasteiger partial charge on any atom is -0.352 e. The number of amides is 1. The van der Waals surface area contributed by atoms with Crippen LogP contribution >= 0.6 is 10.7 Å². The van der Waals surface area contributed by atoms with Gasteiger partial charge in [0.15, 0.2) is 5.03 Å². The molecule has 0 bridgehead atoms. The topological polar surface area (TPSA) is 81.1 Å². The molecule has 19 heavy (non-hydrogen) atoms. The first-order chi connectivity index (χ1) is 8.66. The number of aromatic nitrogens is 2. The van der Waals surface area contributed by atoms with Crippen LogP contribution in [0, 0.1) is 6.92 Å². The number of hydrogen-bond acceptors (Lipinski definition) is 4. The average Bonchev–Trinajstić information content (AvgIpc) is 2.69. The molecule has 0 saturated heterocycles. The molecule has 2 unspecified atom stereocenters. The van der Waals surface area contributed by atoms with E-state index in [1.165, 1.54) is 10.8 Å². The van der Waals surface area contributed by atoms with E-state index in [0.717, 1.165) is 6.42 Å². The van der Waals surface area contributed by atoms with Crippen LogP contribution in [-0.2, 0) is 13.8 Å². The first-order valence-electron chi connectivity index (χ1n) is 5.97. The molecule has 0 aromatic carbocycles. The van der Waals surface area contributed by atoms with Gasteiger partial charge in [-0.2, -0.15) is 0 Å². The fraction of sp³-hybridized carbons (Fsp3) is 0.636. The lowest BCUT2D eigenvalue weighted by atomic mass is 10.2. The molecule has 2 atom stereocenters. The van der Waals surface area contributed by atoms with Crippen molar-refractivity contribution in [3.8, 4) is 0 Å². The maximum Gasteiger partial charge on any atom is 0.280 e. The summed E-state index contributed by atoms with van der Waals surface area (Å²) < 4.78 is 23.9. The Bertz CT molecular complexity index is 568. The first kappa shape index (κ1) is 16.0. The molecule has 0 radical (unpaired) electrons. The summed E-state index contributed by atoms with van der Waals surface area (Å²) in [6, 6.07) is -0.483. The Kier molecular flexibility index (Phi) is 4.98. The van der Waals surface area contributed by atoms with Gasteiger partial charge in [-0.25, -0.2) is 13.4 Å². The van der Waals surface area contributed by atoms with Crippen LogP contribution < -0.4 is 5.32 Å². The molecule has 1 rings (SSSR count). The highest BCUT2D eigenvalue weighted by atomic mass is 35.7. The van der Waals surface area contributed by atoms with E-state index in [4.69, 9.17) is 10.7 Å². The minimum absolute atomic E-state index is 0.0648. The van der Waals surface area contributed by atoms with Gasteiger partial charge in [0, 0.05) is 22.9 Å². The SMILES string of the molecule is CCC(C)NC(=O)C(C)n1cc(S(=O)(=O)Cl)nc1C. The van der Waals surface area contributed by atoms with Crippen LogP contribution in [0.2, 0.25) is 0 Å². The molecule has 0 aliphatic rings. The van der Waals surface area contributed by atoms with Gasteiger partial charge in [-0.05, 0) is 27.2 Å². The number of carbonyl (C=O) groups excluding carboxylic acids is 1. The highest BCUT2D eigenvalue weighted by Gasteiger charge is 2.22. The van der Waals surface area contributed by atoms with Gasteiger partial charge in [0.1, 0.15) is 11.9 Å². The monoisotopic (exact) mass is 307 g/mol. The van der Waals surface area contributed by atoms with E-state index in [2.05, 4.69) is 10.3 Å². The van der Waals surface area contributed by atoms with Crippen molar-refractivity contribution >= 4 is 25.6 Å². The van der Waals surface area contributed by atoms with Crippen molar-refractivity contribution in [3.63, 3.8) is 0 Å². The largest absolute Gasteiger partial charge is 0.352 e. The fourth-order valence-electron chi connectivity index (χ4n) is 1.56. The van der Waals surface area contributed by atoms with Crippen molar-refractivity contribution in [1.82, 2.24) is 14.9 Å². The van der Waals surface area contributed by atoms with Crippen LogP contribution in [0.3, 0.4) is 0 Å². The molecule has 1 amide bonds. The molecule has 108 valence electrons. The molecule has 0 aliphatic carbocycles. The summed E-state index contributed by atoms with van der Waals surface area (Å²) in [7, 11) is 1.35. The summed E-state index contributed by atoms with van der Waals surface area (Å²) in [5.74, 6) is 0.236. The second-order valence-corrected chi connectivity index (χ2v) is 6.98. The normalized spacial score (nSPS) is 15.0. The standard InChI is InChI=1S/C11H18ClN3O3S/c1-5-7(2)13-11(16)8(3)15-6-10(14-9(15)4)19(12,17)18/h6-8H,5H2,1-4H3,(H,13,16). The van der Waals surface area contributed by atoms with Gasteiger partial charge >= 0.3 is 0 Å². The molecular formula is C11H18ClN3O3S. The van der Waals surface area contributed by atoms with E-state index in [1.54, 1.807) is 13.8 Å². The average molecular weight is 308 g/mol. The minimum atomic E-state index is -3.88. The van der Waals surface area contributed by atoms with Gasteiger partial charge in [0.25, 0.3) is 9.05 Å². The molecule has 1 aromatic heterocycles. The Labute approximate surface area is 117 Å². The van der Waals surface area contributed by atoms with Crippen LogP contribution in [0.1, 0.15) is 39.1 Å². The third-order valence-corrected chi connectivity index (χ3v) is 4.11. The van der Waals surface area contributed by atoms with Crippen LogP contribution in [-0.4, -0.2) is 29.9 Å². The van der Waals surface area contributed by atoms with E-state index in [9.17, 15) is 13.2 Å². The lowest BCUT2D eigenvalue weighted by molar-refractivity contribution is -0.124. The molecule has 0 fully saturated rings. The second kappa shape index (κ2) is 5.92. The number of halogens is 1. The van der Waals surface area contributed by atoms with E-state index < -0.39 is 15.1 Å². The van der Waals surface area contributed by atoms with Gasteiger partial charge in [-0.1, -0.05) is 6.92 Å². The third-order valence-electron chi connectivity index (χ3n) is 2.94. The van der Waals surface area contributed by atoms with Gasteiger partial charge in [0.2, 0.25) is 5.91 Å². The number of nitrogens with zero attached hydrogens (tertiary/aromatic N) is 2. The van der Waals surface area contributed by atoms with E-state index in [-0.39, 0.29) is 17.0 Å². The van der Waals surface area contributed by atoms with Gasteiger partial charge in [0.05, 0.1) is 0 Å². The molecule has 8 heteroatoms. The van der Waals surface area contributed by atoms with Crippen LogP contribution in [0.15, 0.2) is 11.2 Å². The van der Waals surface area contributed by atoms with Crippen LogP contribution in [0.25, 0.3) is 0 Å². The Morgan fingerprint density at radius 3 is 2.53 bits per heavy atom. The zero-order valence-corrected chi connectivity index (χ0v) is 12.9. The first-order valence-corrected chi connectivity index (χ1v) is 8.28. The van der Waals surface area contributed by atoms with Crippen molar-refractivity contribution in [2.24, 2.45) is 0 Å². The summed E-state index contributed by atoms with van der Waals surface area (Å²) in [6.45, 7) is 7.17. The van der Waals surface area contributed by atoms with Crippen molar-refractivity contribution in [1.29, 1.82) is 0 Å². The quantitative estimate of drug-likeness (QED) is 0.838. The summed E-state index contributed by atoms with van der Waals surface area (Å²) in [5, 5.41) is 2.59. The van der Waals surface area contributed by atoms with Crippen molar-refractivity contribution < 1.29 is 13.2 Å². The number of hydrogen-bond donors (Lipinski definition) is 1. The lowest BCUT2D eigenvalue weighted by Gasteiger charge is -2.18. The predicted molar refractivity (Wildman–Crippen MR) is 72.6 cm³/mol. The summed E-state index contributed by atoms with van der Waals surface area (Å²) in [6.07, 6.45) is 2.10. The number of rotatable bonds is 5. The number of carbonyl (C=O) groups is 1. The zero-order valence-electron chi connectivity index (χ0n) is 11.3. The lowest BCUT2D eigenvalue weighted by Crippen LogP contribution is -2.37. The molecule has 1 heterocycles. The van der Waals surface area contributed by atoms with Crippen molar-refractivity contribution in [2.45, 2.75) is 51.2 Å². The maximum atomic E-state index is 12.0. The molecule has 1 aromatic rings. The Hall–Kier alpha value is -1.08. The summed E-state index contributed by atoms with van der Waals surface area (Å²) >= 11 is 0. The smallest absolute Gasteiger partial charge is 0.280 e. The molecule has 1 N–H and O–H groups in total. The second-order valence-electron chi connectivity index (χ2n) is 4.47. The molecule has 0 spiro atoms. The van der Waals surface area contributed by atoms with Crippen LogP contribution in [0.5, 0.6) is 0 Å². The summed E-state index contributed by atoms with van der Waals surface area (Å²) in [4.78, 5) is 15.8. The molecule has 6 nitrogen and oxygen atoms in total. The van der Waals surface area contributed by atoms with E-state index in [1.807, 2.05) is 13.8 Å². The van der Waals surface area contributed by atoms with Gasteiger partial charge < -0.3 is 9.88 Å². The zero-order chi connectivity index (χ0) is 14.8. The van der Waals surface area contributed by atoms with Gasteiger partial charge in [-0.15, -0.1) is 0 Å².